The third-order valence-electron chi connectivity index (χ3n) is 2.57. The van der Waals surface area contributed by atoms with E-state index >= 15 is 0 Å². The molecule has 0 atom stereocenters. The SMILES string of the molecule is CCOC(=O)c1c(N)nsc1N(C)Cc1csc(Br)c1. The van der Waals surface area contributed by atoms with E-state index in [9.17, 15) is 4.79 Å². The number of carbonyl (C=O) groups is 1. The number of ether oxygens (including phenoxy) is 1. The lowest BCUT2D eigenvalue weighted by atomic mass is 10.2. The lowest BCUT2D eigenvalue weighted by Crippen LogP contribution is -2.18. The zero-order valence-corrected chi connectivity index (χ0v) is 14.3. The third-order valence-corrected chi connectivity index (χ3v) is 5.10. The number of nitrogens with two attached hydrogens (primary N) is 1. The van der Waals surface area contributed by atoms with Crippen LogP contribution in [0.15, 0.2) is 15.2 Å². The van der Waals surface area contributed by atoms with Gasteiger partial charge in [-0.2, -0.15) is 4.37 Å². The van der Waals surface area contributed by atoms with Gasteiger partial charge in [-0.1, -0.05) is 0 Å². The molecular weight excluding hydrogens is 362 g/mol. The standard InChI is InChI=1S/C12H14BrN3O2S2/c1-3-18-12(17)9-10(14)15-20-11(9)16(2)5-7-4-8(13)19-6-7/h4,6H,3,5H2,1-2H3,(H2,14,15). The monoisotopic (exact) mass is 375 g/mol. The van der Waals surface area contributed by atoms with Crippen molar-refractivity contribution in [1.29, 1.82) is 0 Å². The highest BCUT2D eigenvalue weighted by Gasteiger charge is 2.23. The molecule has 2 rings (SSSR count). The number of rotatable bonds is 5. The fourth-order valence-electron chi connectivity index (χ4n) is 1.72. The second-order valence-corrected chi connectivity index (χ2v) is 7.13. The van der Waals surface area contributed by atoms with Gasteiger partial charge >= 0.3 is 5.97 Å². The molecule has 0 radical (unpaired) electrons. The Bertz CT molecular complexity index is 612. The highest BCUT2D eigenvalue weighted by Crippen LogP contribution is 2.32. The quantitative estimate of drug-likeness (QED) is 0.811. The Balaban J connectivity index is 2.21. The van der Waals surface area contributed by atoms with Crippen molar-refractivity contribution in [2.24, 2.45) is 0 Å². The molecule has 0 aliphatic rings. The Kier molecular flexibility index (Phi) is 5.00. The molecule has 0 bridgehead atoms. The Morgan fingerprint density at radius 2 is 2.35 bits per heavy atom. The molecule has 2 aromatic heterocycles. The van der Waals surface area contributed by atoms with E-state index in [4.69, 9.17) is 10.5 Å². The van der Waals surface area contributed by atoms with E-state index in [0.717, 1.165) is 14.4 Å². The van der Waals surface area contributed by atoms with E-state index < -0.39 is 5.97 Å². The predicted molar refractivity (Wildman–Crippen MR) is 86.6 cm³/mol. The van der Waals surface area contributed by atoms with Gasteiger partial charge in [0.05, 0.1) is 10.4 Å². The minimum atomic E-state index is -0.424. The van der Waals surface area contributed by atoms with Crippen LogP contribution in [0.1, 0.15) is 22.8 Å². The second kappa shape index (κ2) is 6.55. The lowest BCUT2D eigenvalue weighted by Gasteiger charge is -2.17. The molecule has 0 spiro atoms. The molecule has 0 saturated heterocycles. The van der Waals surface area contributed by atoms with E-state index in [2.05, 4.69) is 31.7 Å². The van der Waals surface area contributed by atoms with Crippen molar-refractivity contribution >= 4 is 55.6 Å². The van der Waals surface area contributed by atoms with Gasteiger partial charge in [0.25, 0.3) is 0 Å². The van der Waals surface area contributed by atoms with Crippen LogP contribution in [0.5, 0.6) is 0 Å². The number of carbonyl (C=O) groups excluding carboxylic acids is 1. The summed E-state index contributed by atoms with van der Waals surface area (Å²) in [6.45, 7) is 2.76. The van der Waals surface area contributed by atoms with E-state index in [1.807, 2.05) is 11.9 Å². The summed E-state index contributed by atoms with van der Waals surface area (Å²) < 4.78 is 10.2. The number of nitrogen functional groups attached to an aromatic ring is 1. The zero-order valence-electron chi connectivity index (χ0n) is 11.1. The van der Waals surface area contributed by atoms with Crippen LogP contribution in [0, 0.1) is 0 Å². The van der Waals surface area contributed by atoms with E-state index in [1.54, 1.807) is 18.3 Å². The van der Waals surface area contributed by atoms with Crippen LogP contribution in [0.3, 0.4) is 0 Å². The Hall–Kier alpha value is -1.12. The number of halogens is 1. The van der Waals surface area contributed by atoms with Crippen molar-refractivity contribution in [3.8, 4) is 0 Å². The van der Waals surface area contributed by atoms with Gasteiger partial charge in [-0.3, -0.25) is 0 Å². The summed E-state index contributed by atoms with van der Waals surface area (Å²) in [5.74, 6) is -0.200. The van der Waals surface area contributed by atoms with Crippen LogP contribution >= 0.6 is 38.8 Å². The number of hydrogen-bond donors (Lipinski definition) is 1. The van der Waals surface area contributed by atoms with Crippen molar-refractivity contribution in [3.63, 3.8) is 0 Å². The number of hydrogen-bond acceptors (Lipinski definition) is 7. The molecular formula is C12H14BrN3O2S2. The summed E-state index contributed by atoms with van der Waals surface area (Å²) in [5, 5.41) is 2.79. The molecule has 108 valence electrons. The second-order valence-electron chi connectivity index (χ2n) is 4.08. The maximum absolute atomic E-state index is 11.9. The van der Waals surface area contributed by atoms with E-state index in [0.29, 0.717) is 18.7 Å². The average Bonchev–Trinajstić information content (AvgIpc) is 2.96. The Morgan fingerprint density at radius 1 is 1.60 bits per heavy atom. The molecule has 0 aliphatic carbocycles. The van der Waals surface area contributed by atoms with E-state index in [-0.39, 0.29) is 5.82 Å². The van der Waals surface area contributed by atoms with Gasteiger partial charge in [0.2, 0.25) is 0 Å². The molecule has 0 aromatic carbocycles. The molecule has 0 saturated carbocycles. The zero-order chi connectivity index (χ0) is 14.7. The van der Waals surface area contributed by atoms with Gasteiger partial charge in [0.15, 0.2) is 5.82 Å². The molecule has 2 heterocycles. The number of esters is 1. The molecule has 8 heteroatoms. The van der Waals surface area contributed by atoms with E-state index in [1.165, 1.54) is 11.5 Å². The van der Waals surface area contributed by atoms with Gasteiger partial charge in [0, 0.05) is 13.6 Å². The number of anilines is 2. The Labute approximate surface area is 133 Å². The van der Waals surface area contributed by atoms with Crippen LogP contribution in [0.25, 0.3) is 0 Å². The largest absolute Gasteiger partial charge is 0.462 e. The van der Waals surface area contributed by atoms with Gasteiger partial charge in [0.1, 0.15) is 10.6 Å². The summed E-state index contributed by atoms with van der Waals surface area (Å²) in [6, 6.07) is 2.05. The van der Waals surface area contributed by atoms with Crippen LogP contribution in [0.4, 0.5) is 10.8 Å². The first kappa shape index (κ1) is 15.3. The summed E-state index contributed by atoms with van der Waals surface area (Å²) in [4.78, 5) is 13.9. The van der Waals surface area contributed by atoms with Crippen molar-refractivity contribution in [2.45, 2.75) is 13.5 Å². The molecule has 5 nitrogen and oxygen atoms in total. The molecule has 0 fully saturated rings. The molecule has 0 amide bonds. The summed E-state index contributed by atoms with van der Waals surface area (Å²) >= 11 is 6.27. The first-order valence-electron chi connectivity index (χ1n) is 5.89. The molecule has 0 unspecified atom stereocenters. The molecule has 2 N–H and O–H groups in total. The van der Waals surface area contributed by atoms with Crippen LogP contribution in [0.2, 0.25) is 0 Å². The molecule has 20 heavy (non-hydrogen) atoms. The minimum absolute atomic E-state index is 0.224. The summed E-state index contributed by atoms with van der Waals surface area (Å²) in [5.41, 5.74) is 7.29. The number of thiophene rings is 1. The first-order valence-corrected chi connectivity index (χ1v) is 8.33. The van der Waals surface area contributed by atoms with Crippen LogP contribution in [-0.2, 0) is 11.3 Å². The van der Waals surface area contributed by atoms with Gasteiger partial charge < -0.3 is 15.4 Å². The fourth-order valence-corrected chi connectivity index (χ4v) is 3.68. The van der Waals surface area contributed by atoms with Crippen molar-refractivity contribution in [1.82, 2.24) is 4.37 Å². The molecule has 2 aromatic rings. The van der Waals surface area contributed by atoms with Gasteiger partial charge in [-0.05, 0) is 51.4 Å². The maximum Gasteiger partial charge on any atom is 0.345 e. The average molecular weight is 376 g/mol. The van der Waals surface area contributed by atoms with Crippen LogP contribution in [-0.4, -0.2) is 24.0 Å². The topological polar surface area (TPSA) is 68.5 Å². The summed E-state index contributed by atoms with van der Waals surface area (Å²) in [7, 11) is 1.90. The normalized spacial score (nSPS) is 10.6. The minimum Gasteiger partial charge on any atom is -0.462 e. The van der Waals surface area contributed by atoms with Gasteiger partial charge in [-0.15, -0.1) is 11.3 Å². The van der Waals surface area contributed by atoms with Crippen molar-refractivity contribution in [2.75, 3.05) is 24.3 Å². The third kappa shape index (κ3) is 3.31. The number of nitrogens with zero attached hydrogens (tertiary/aromatic N) is 2. The first-order chi connectivity index (χ1) is 9.52. The number of aromatic nitrogens is 1. The van der Waals surface area contributed by atoms with Crippen molar-refractivity contribution < 1.29 is 9.53 Å². The predicted octanol–water partition coefficient (Wildman–Crippen LogP) is 3.36. The van der Waals surface area contributed by atoms with Crippen LogP contribution < -0.4 is 10.6 Å². The maximum atomic E-state index is 11.9. The van der Waals surface area contributed by atoms with Gasteiger partial charge in [-0.25, -0.2) is 4.79 Å². The lowest BCUT2D eigenvalue weighted by molar-refractivity contribution is 0.0528. The Morgan fingerprint density at radius 3 is 2.95 bits per heavy atom. The highest BCUT2D eigenvalue weighted by atomic mass is 79.9. The fraction of sp³-hybridized carbons (Fsp3) is 0.333. The van der Waals surface area contributed by atoms with Crippen molar-refractivity contribution in [3.05, 3.63) is 26.4 Å². The summed E-state index contributed by atoms with van der Waals surface area (Å²) in [6.07, 6.45) is 0. The molecule has 0 aliphatic heterocycles. The smallest absolute Gasteiger partial charge is 0.345 e. The highest BCUT2D eigenvalue weighted by molar-refractivity contribution is 9.11.